The van der Waals surface area contributed by atoms with Crippen LogP contribution in [0.2, 0.25) is 5.02 Å². The summed E-state index contributed by atoms with van der Waals surface area (Å²) in [6, 6.07) is 4.06. The van der Waals surface area contributed by atoms with Crippen molar-refractivity contribution in [1.82, 2.24) is 20.6 Å². The van der Waals surface area contributed by atoms with E-state index in [0.717, 1.165) is 24.3 Å². The van der Waals surface area contributed by atoms with E-state index in [-0.39, 0.29) is 23.9 Å². The van der Waals surface area contributed by atoms with Gasteiger partial charge in [-0.3, -0.25) is 4.72 Å². The summed E-state index contributed by atoms with van der Waals surface area (Å²) < 4.78 is 106. The maximum absolute atomic E-state index is 13.1. The van der Waals surface area contributed by atoms with Crippen LogP contribution >= 0.6 is 11.6 Å². The van der Waals surface area contributed by atoms with E-state index in [9.17, 15) is 34.8 Å². The Morgan fingerprint density at radius 3 is 2.29 bits per heavy atom. The number of sulfonamides is 1. The fraction of sp³-hybridized carbons (Fsp3) is 0.188. The smallest absolute Gasteiger partial charge is 0.279 e. The Hall–Kier alpha value is -2.87. The second kappa shape index (κ2) is 8.00. The number of anilines is 1. The fourth-order valence-corrected chi connectivity index (χ4v) is 3.86. The van der Waals surface area contributed by atoms with E-state index in [2.05, 4.69) is 20.6 Å². The lowest BCUT2D eigenvalue weighted by Crippen LogP contribution is -2.17. The number of tetrazole rings is 1. The number of alkyl halides is 6. The maximum atomic E-state index is 13.1. The number of halogens is 7. The highest BCUT2D eigenvalue weighted by atomic mass is 35.5. The molecule has 0 atom stereocenters. The first-order chi connectivity index (χ1) is 14.3. The first-order valence-corrected chi connectivity index (χ1v) is 9.95. The zero-order chi connectivity index (χ0) is 23.0. The lowest BCUT2D eigenvalue weighted by molar-refractivity contribution is -0.138. The molecule has 3 rings (SSSR count). The zero-order valence-electron chi connectivity index (χ0n) is 14.9. The van der Waals surface area contributed by atoms with Crippen LogP contribution in [0.3, 0.4) is 0 Å². The van der Waals surface area contributed by atoms with Crippen LogP contribution in [0, 0.1) is 0 Å². The van der Waals surface area contributed by atoms with Gasteiger partial charge in [0.25, 0.3) is 10.0 Å². The molecule has 0 unspecified atom stereocenters. The number of rotatable bonds is 5. The zero-order valence-corrected chi connectivity index (χ0v) is 16.5. The number of nitrogens with zero attached hydrogens (tertiary/aromatic N) is 3. The molecule has 15 heteroatoms. The van der Waals surface area contributed by atoms with Gasteiger partial charge in [0.1, 0.15) is 0 Å². The summed E-state index contributed by atoms with van der Waals surface area (Å²) in [5.74, 6) is 0.0473. The summed E-state index contributed by atoms with van der Waals surface area (Å²) >= 11 is 5.48. The monoisotopic (exact) mass is 485 g/mol. The van der Waals surface area contributed by atoms with Crippen molar-refractivity contribution in [1.29, 1.82) is 0 Å². The molecule has 0 saturated heterocycles. The molecular weight excluding hydrogens is 476 g/mol. The van der Waals surface area contributed by atoms with Gasteiger partial charge in [-0.25, -0.2) is 8.42 Å². The van der Waals surface area contributed by atoms with Crippen LogP contribution in [0.4, 0.5) is 32.0 Å². The Morgan fingerprint density at radius 1 is 1.00 bits per heavy atom. The molecule has 0 amide bonds. The minimum Gasteiger partial charge on any atom is -0.279 e. The average Bonchev–Trinajstić information content (AvgIpc) is 3.14. The van der Waals surface area contributed by atoms with Gasteiger partial charge in [0.15, 0.2) is 5.82 Å². The topological polar surface area (TPSA) is 101 Å². The van der Waals surface area contributed by atoms with Crippen LogP contribution in [0.5, 0.6) is 0 Å². The summed E-state index contributed by atoms with van der Waals surface area (Å²) in [6.07, 6.45) is -9.95. The summed E-state index contributed by atoms with van der Waals surface area (Å²) in [6.45, 7) is 0. The summed E-state index contributed by atoms with van der Waals surface area (Å²) in [5, 5.41) is 12.0. The van der Waals surface area contributed by atoms with Crippen molar-refractivity contribution in [2.75, 3.05) is 4.72 Å². The Labute approximate surface area is 175 Å². The summed E-state index contributed by atoms with van der Waals surface area (Å²) in [4.78, 5) is -0.841. The highest BCUT2D eigenvalue weighted by Gasteiger charge is 2.35. The molecule has 0 bridgehead atoms. The number of hydrogen-bond donors (Lipinski definition) is 2. The van der Waals surface area contributed by atoms with Crippen molar-refractivity contribution in [3.05, 3.63) is 63.9 Å². The van der Waals surface area contributed by atoms with Gasteiger partial charge < -0.3 is 0 Å². The third-order valence-electron chi connectivity index (χ3n) is 3.97. The predicted molar refractivity (Wildman–Crippen MR) is 95.7 cm³/mol. The second-order valence-corrected chi connectivity index (χ2v) is 8.21. The number of H-pyrrole nitrogens is 1. The highest BCUT2D eigenvalue weighted by molar-refractivity contribution is 7.92. The molecular formula is C16H10ClF6N5O2S. The van der Waals surface area contributed by atoms with Crippen molar-refractivity contribution < 1.29 is 34.8 Å². The molecule has 3 aromatic rings. The van der Waals surface area contributed by atoms with E-state index in [1.165, 1.54) is 0 Å². The van der Waals surface area contributed by atoms with Crippen LogP contribution in [-0.2, 0) is 28.8 Å². The van der Waals surface area contributed by atoms with E-state index >= 15 is 0 Å². The normalized spacial score (nSPS) is 12.7. The maximum Gasteiger partial charge on any atom is 0.417 e. The molecule has 0 saturated carbocycles. The minimum absolute atomic E-state index is 0.0305. The third kappa shape index (κ3) is 5.25. The number of aromatic nitrogens is 4. The van der Waals surface area contributed by atoms with Crippen molar-refractivity contribution in [2.45, 2.75) is 23.7 Å². The third-order valence-corrected chi connectivity index (χ3v) is 5.67. The summed E-state index contributed by atoms with van der Waals surface area (Å²) in [5.41, 5.74) is -3.06. The molecule has 166 valence electrons. The van der Waals surface area contributed by atoms with E-state index < -0.39 is 49.1 Å². The van der Waals surface area contributed by atoms with Gasteiger partial charge in [0.2, 0.25) is 0 Å². The molecule has 31 heavy (non-hydrogen) atoms. The Balaban J connectivity index is 2.05. The second-order valence-electron chi connectivity index (χ2n) is 6.12. The van der Waals surface area contributed by atoms with Gasteiger partial charge in [-0.15, -0.1) is 10.2 Å². The van der Waals surface area contributed by atoms with Crippen molar-refractivity contribution in [3.8, 4) is 0 Å². The quantitative estimate of drug-likeness (QED) is 0.525. The fourth-order valence-electron chi connectivity index (χ4n) is 2.52. The summed E-state index contributed by atoms with van der Waals surface area (Å²) in [7, 11) is -4.72. The van der Waals surface area contributed by atoms with E-state index in [0.29, 0.717) is 6.07 Å². The van der Waals surface area contributed by atoms with Gasteiger partial charge in [-0.05, 0) is 35.9 Å². The van der Waals surface area contributed by atoms with E-state index in [1.54, 1.807) is 0 Å². The molecule has 1 heterocycles. The Morgan fingerprint density at radius 2 is 1.71 bits per heavy atom. The lowest BCUT2D eigenvalue weighted by atomic mass is 10.1. The van der Waals surface area contributed by atoms with Gasteiger partial charge >= 0.3 is 12.4 Å². The molecule has 1 aromatic heterocycles. The Bertz CT molecular complexity index is 1200. The molecule has 2 N–H and O–H groups in total. The van der Waals surface area contributed by atoms with Crippen LogP contribution in [0.25, 0.3) is 0 Å². The molecule has 0 radical (unpaired) electrons. The SMILES string of the molecule is O=S(=O)(Nc1cc(C(F)(F)F)ccc1Cc1nn[nH]n1)c1ccc(Cl)c(C(F)(F)F)c1. The molecule has 0 aliphatic carbocycles. The first-order valence-electron chi connectivity index (χ1n) is 8.09. The van der Waals surface area contributed by atoms with Crippen LogP contribution in [0.15, 0.2) is 41.3 Å². The van der Waals surface area contributed by atoms with Crippen LogP contribution in [-0.4, -0.2) is 29.0 Å². The van der Waals surface area contributed by atoms with Gasteiger partial charge in [0, 0.05) is 6.42 Å². The number of hydrogen-bond acceptors (Lipinski definition) is 5. The highest BCUT2D eigenvalue weighted by Crippen LogP contribution is 2.37. The van der Waals surface area contributed by atoms with Crippen LogP contribution in [0.1, 0.15) is 22.5 Å². The minimum atomic E-state index is -4.94. The molecule has 0 spiro atoms. The lowest BCUT2D eigenvalue weighted by Gasteiger charge is -2.16. The largest absolute Gasteiger partial charge is 0.417 e. The number of aromatic amines is 1. The van der Waals surface area contributed by atoms with Gasteiger partial charge in [-0.2, -0.15) is 31.6 Å². The molecule has 0 aliphatic rings. The molecule has 0 fully saturated rings. The average molecular weight is 486 g/mol. The predicted octanol–water partition coefficient (Wildman–Crippen LogP) is 4.28. The van der Waals surface area contributed by atoms with Crippen molar-refractivity contribution in [3.63, 3.8) is 0 Å². The van der Waals surface area contributed by atoms with Crippen molar-refractivity contribution in [2.24, 2.45) is 0 Å². The first kappa shape index (κ1) is 22.8. The molecule has 7 nitrogen and oxygen atoms in total. The molecule has 0 aliphatic heterocycles. The van der Waals surface area contributed by atoms with Crippen molar-refractivity contribution >= 4 is 27.3 Å². The van der Waals surface area contributed by atoms with E-state index in [1.807, 2.05) is 4.72 Å². The van der Waals surface area contributed by atoms with E-state index in [4.69, 9.17) is 11.6 Å². The Kier molecular flexibility index (Phi) is 5.88. The van der Waals surface area contributed by atoms with Gasteiger partial charge in [0.05, 0.1) is 26.7 Å². The standard InChI is InChI=1S/C16H10ClF6N5O2S/c17-12-4-3-10(7-11(12)16(21,22)23)31(29,30)26-13-6-9(15(18,19)20)2-1-8(13)5-14-24-27-28-25-14/h1-4,6-7,26H,5H2,(H,24,25,27,28). The number of nitrogens with one attached hydrogen (secondary N) is 2. The van der Waals surface area contributed by atoms with Gasteiger partial charge in [-0.1, -0.05) is 22.9 Å². The molecule has 2 aromatic carbocycles. The number of benzene rings is 2. The van der Waals surface area contributed by atoms with Crippen LogP contribution < -0.4 is 4.72 Å².